The minimum absolute atomic E-state index is 0.0415. The van der Waals surface area contributed by atoms with Crippen molar-refractivity contribution in [1.29, 1.82) is 0 Å². The number of fused-ring (bicyclic) bond motifs is 1. The maximum atomic E-state index is 12.9. The lowest BCUT2D eigenvalue weighted by molar-refractivity contribution is -0.125. The van der Waals surface area contributed by atoms with Gasteiger partial charge in [-0.3, -0.25) is 14.4 Å². The Kier molecular flexibility index (Phi) is 6.51. The quantitative estimate of drug-likeness (QED) is 0.485. The van der Waals surface area contributed by atoms with Crippen LogP contribution in [0.2, 0.25) is 0 Å². The van der Waals surface area contributed by atoms with Crippen molar-refractivity contribution in [2.75, 3.05) is 5.32 Å². The number of hydrogen-bond acceptors (Lipinski definition) is 3. The second-order valence-electron chi connectivity index (χ2n) is 7.51. The molecule has 0 bridgehead atoms. The Morgan fingerprint density at radius 1 is 0.967 bits per heavy atom. The van der Waals surface area contributed by atoms with Gasteiger partial charge in [-0.2, -0.15) is 0 Å². The number of benzene rings is 2. The van der Waals surface area contributed by atoms with Gasteiger partial charge in [-0.25, -0.2) is 0 Å². The number of aromatic nitrogens is 1. The van der Waals surface area contributed by atoms with Crippen molar-refractivity contribution in [3.63, 3.8) is 0 Å². The molecule has 1 aromatic heterocycles. The molecule has 0 spiro atoms. The van der Waals surface area contributed by atoms with Gasteiger partial charge < -0.3 is 20.9 Å². The zero-order chi connectivity index (χ0) is 21.7. The second-order valence-corrected chi connectivity index (χ2v) is 7.51. The number of hydrogen-bond donors (Lipinski definition) is 4. The molecule has 1 atom stereocenters. The molecule has 7 heteroatoms. The van der Waals surface area contributed by atoms with Gasteiger partial charge in [0, 0.05) is 47.7 Å². The molecule has 3 aromatic rings. The van der Waals surface area contributed by atoms with Gasteiger partial charge in [-0.05, 0) is 49.7 Å². The highest BCUT2D eigenvalue weighted by atomic mass is 16.2. The molecule has 3 amide bonds. The van der Waals surface area contributed by atoms with E-state index in [4.69, 9.17) is 0 Å². The largest absolute Gasteiger partial charge is 0.361 e. The third-order valence-electron chi connectivity index (χ3n) is 4.63. The van der Waals surface area contributed by atoms with Crippen molar-refractivity contribution in [2.24, 2.45) is 0 Å². The minimum atomic E-state index is -0.731. The van der Waals surface area contributed by atoms with Crippen molar-refractivity contribution in [3.05, 3.63) is 65.9 Å². The predicted octanol–water partition coefficient (Wildman–Crippen LogP) is 2.99. The van der Waals surface area contributed by atoms with Gasteiger partial charge in [0.05, 0.1) is 0 Å². The normalized spacial score (nSPS) is 11.9. The molecule has 1 heterocycles. The molecule has 0 aliphatic rings. The first kappa shape index (κ1) is 21.1. The number of anilines is 1. The SMILES string of the molecule is CC(=O)NC(Cc1c[nH]c2ccccc12)C(=O)Nc1ccc(C(=O)NC(C)C)cc1. The maximum Gasteiger partial charge on any atom is 0.251 e. The summed E-state index contributed by atoms with van der Waals surface area (Å²) >= 11 is 0. The molecular formula is C23H26N4O3. The molecule has 4 N–H and O–H groups in total. The van der Waals surface area contributed by atoms with Gasteiger partial charge in [-0.1, -0.05) is 18.2 Å². The van der Waals surface area contributed by atoms with Crippen LogP contribution >= 0.6 is 0 Å². The summed E-state index contributed by atoms with van der Waals surface area (Å²) in [6, 6.07) is 13.8. The van der Waals surface area contributed by atoms with Gasteiger partial charge in [-0.15, -0.1) is 0 Å². The number of carbonyl (C=O) groups excluding carboxylic acids is 3. The van der Waals surface area contributed by atoms with Gasteiger partial charge in [0.2, 0.25) is 11.8 Å². The lowest BCUT2D eigenvalue weighted by Gasteiger charge is -2.18. The number of rotatable bonds is 7. The van der Waals surface area contributed by atoms with Crippen molar-refractivity contribution in [2.45, 2.75) is 39.3 Å². The van der Waals surface area contributed by atoms with E-state index in [1.807, 2.05) is 44.3 Å². The average Bonchev–Trinajstić information content (AvgIpc) is 3.10. The van der Waals surface area contributed by atoms with Gasteiger partial charge >= 0.3 is 0 Å². The van der Waals surface area contributed by atoms with E-state index in [1.54, 1.807) is 24.3 Å². The minimum Gasteiger partial charge on any atom is -0.361 e. The van der Waals surface area contributed by atoms with Gasteiger partial charge in [0.25, 0.3) is 5.91 Å². The Morgan fingerprint density at radius 3 is 2.33 bits per heavy atom. The molecule has 2 aromatic carbocycles. The number of aromatic amines is 1. The van der Waals surface area contributed by atoms with Crippen molar-refractivity contribution in [1.82, 2.24) is 15.6 Å². The molecule has 0 aliphatic carbocycles. The summed E-state index contributed by atoms with van der Waals surface area (Å²) in [5, 5.41) is 9.38. The number of H-pyrrole nitrogens is 1. The molecule has 0 fully saturated rings. The first-order valence-corrected chi connectivity index (χ1v) is 9.87. The number of carbonyl (C=O) groups is 3. The van der Waals surface area contributed by atoms with Crippen LogP contribution in [0.1, 0.15) is 36.7 Å². The van der Waals surface area contributed by atoms with E-state index >= 15 is 0 Å². The highest BCUT2D eigenvalue weighted by Gasteiger charge is 2.21. The van der Waals surface area contributed by atoms with Crippen LogP contribution in [0.5, 0.6) is 0 Å². The number of nitrogens with one attached hydrogen (secondary N) is 4. The molecule has 3 rings (SSSR count). The van der Waals surface area contributed by atoms with Crippen LogP contribution in [0.15, 0.2) is 54.7 Å². The first-order chi connectivity index (χ1) is 14.3. The summed E-state index contributed by atoms with van der Waals surface area (Å²) in [4.78, 5) is 39.8. The third kappa shape index (κ3) is 5.26. The Hall–Kier alpha value is -3.61. The number of para-hydroxylation sites is 1. The Balaban J connectivity index is 1.72. The fourth-order valence-corrected chi connectivity index (χ4v) is 3.25. The summed E-state index contributed by atoms with van der Waals surface area (Å²) in [5.41, 5.74) is 2.99. The summed E-state index contributed by atoms with van der Waals surface area (Å²) in [7, 11) is 0. The van der Waals surface area contributed by atoms with E-state index in [2.05, 4.69) is 20.9 Å². The van der Waals surface area contributed by atoms with Crippen LogP contribution in [0, 0.1) is 0 Å². The molecule has 0 aliphatic heterocycles. The zero-order valence-electron chi connectivity index (χ0n) is 17.3. The second kappa shape index (κ2) is 9.26. The standard InChI is InChI=1S/C23H26N4O3/c1-14(2)25-22(29)16-8-10-18(11-9-16)27-23(30)21(26-15(3)28)12-17-13-24-20-7-5-4-6-19(17)20/h4-11,13-14,21,24H,12H2,1-3H3,(H,25,29)(H,26,28)(H,27,30). The first-order valence-electron chi connectivity index (χ1n) is 9.87. The summed E-state index contributed by atoms with van der Waals surface area (Å²) < 4.78 is 0. The molecule has 7 nitrogen and oxygen atoms in total. The Bertz CT molecular complexity index is 1050. The van der Waals surface area contributed by atoms with Gasteiger partial charge in [0.15, 0.2) is 0 Å². The fraction of sp³-hybridized carbons (Fsp3) is 0.261. The Labute approximate surface area is 175 Å². The van der Waals surface area contributed by atoms with Crippen LogP contribution in [-0.4, -0.2) is 34.8 Å². The summed E-state index contributed by atoms with van der Waals surface area (Å²) in [5.74, 6) is -0.774. The van der Waals surface area contributed by atoms with Crippen molar-refractivity contribution < 1.29 is 14.4 Å². The van der Waals surface area contributed by atoms with Gasteiger partial charge in [0.1, 0.15) is 6.04 Å². The molecule has 0 radical (unpaired) electrons. The van der Waals surface area contributed by atoms with Crippen LogP contribution in [0.4, 0.5) is 5.69 Å². The molecule has 0 saturated carbocycles. The average molecular weight is 406 g/mol. The van der Waals surface area contributed by atoms with E-state index in [-0.39, 0.29) is 23.8 Å². The Morgan fingerprint density at radius 2 is 1.67 bits per heavy atom. The van der Waals surface area contributed by atoms with Crippen LogP contribution in [0.3, 0.4) is 0 Å². The van der Waals surface area contributed by atoms with E-state index < -0.39 is 6.04 Å². The molecule has 0 saturated heterocycles. The molecule has 1 unspecified atom stereocenters. The van der Waals surface area contributed by atoms with E-state index in [0.29, 0.717) is 17.7 Å². The third-order valence-corrected chi connectivity index (χ3v) is 4.63. The highest BCUT2D eigenvalue weighted by molar-refractivity contribution is 5.99. The smallest absolute Gasteiger partial charge is 0.251 e. The van der Waals surface area contributed by atoms with Crippen LogP contribution < -0.4 is 16.0 Å². The highest BCUT2D eigenvalue weighted by Crippen LogP contribution is 2.20. The molecule has 156 valence electrons. The number of amides is 3. The van der Waals surface area contributed by atoms with E-state index in [1.165, 1.54) is 6.92 Å². The van der Waals surface area contributed by atoms with E-state index in [9.17, 15) is 14.4 Å². The van der Waals surface area contributed by atoms with E-state index in [0.717, 1.165) is 16.5 Å². The lowest BCUT2D eigenvalue weighted by Crippen LogP contribution is -2.44. The summed E-state index contributed by atoms with van der Waals surface area (Å²) in [6.07, 6.45) is 2.21. The van der Waals surface area contributed by atoms with Crippen LogP contribution in [0.25, 0.3) is 10.9 Å². The molecule has 30 heavy (non-hydrogen) atoms. The van der Waals surface area contributed by atoms with Crippen LogP contribution in [-0.2, 0) is 16.0 Å². The monoisotopic (exact) mass is 406 g/mol. The maximum absolute atomic E-state index is 12.9. The zero-order valence-corrected chi connectivity index (χ0v) is 17.3. The topological polar surface area (TPSA) is 103 Å². The summed E-state index contributed by atoms with van der Waals surface area (Å²) in [6.45, 7) is 5.17. The van der Waals surface area contributed by atoms with Crippen molar-refractivity contribution in [3.8, 4) is 0 Å². The van der Waals surface area contributed by atoms with Crippen molar-refractivity contribution >= 4 is 34.3 Å². The fourth-order valence-electron chi connectivity index (χ4n) is 3.25. The predicted molar refractivity (Wildman–Crippen MR) is 117 cm³/mol. The lowest BCUT2D eigenvalue weighted by atomic mass is 10.0. The molecular weight excluding hydrogens is 380 g/mol.